The summed E-state index contributed by atoms with van der Waals surface area (Å²) in [7, 11) is 1.26. The predicted octanol–water partition coefficient (Wildman–Crippen LogP) is 6.33. The Morgan fingerprint density at radius 3 is 1.95 bits per heavy atom. The zero-order valence-corrected chi connectivity index (χ0v) is 24.6. The van der Waals surface area contributed by atoms with Gasteiger partial charge in [0.25, 0.3) is 0 Å². The first-order valence-electron chi connectivity index (χ1n) is 12.6. The first-order valence-corrected chi connectivity index (χ1v) is 13.5. The van der Waals surface area contributed by atoms with E-state index in [1.807, 2.05) is 20.8 Å². The number of alkyl halides is 3. The van der Waals surface area contributed by atoms with Gasteiger partial charge in [-0.2, -0.15) is 13.2 Å². The SMILES string of the molecule is CCC(C(=O)NC1SC(C(=O)OC(C)(C)C)(C(C)(C)C)C(C)C1(C)C(=O)OC)c1ccc(C(F)(F)F)cc1. The van der Waals surface area contributed by atoms with Crippen molar-refractivity contribution in [3.63, 3.8) is 0 Å². The van der Waals surface area contributed by atoms with Gasteiger partial charge in [0.1, 0.15) is 10.3 Å². The van der Waals surface area contributed by atoms with Crippen LogP contribution in [0.15, 0.2) is 24.3 Å². The van der Waals surface area contributed by atoms with Crippen molar-refractivity contribution < 1.29 is 37.0 Å². The van der Waals surface area contributed by atoms with Gasteiger partial charge in [0.2, 0.25) is 5.91 Å². The Bertz CT molecular complexity index is 1040. The Labute approximate surface area is 227 Å². The molecule has 1 fully saturated rings. The van der Waals surface area contributed by atoms with Gasteiger partial charge in [0, 0.05) is 5.92 Å². The Morgan fingerprint density at radius 1 is 1.03 bits per heavy atom. The molecule has 0 saturated carbocycles. The number of hydrogen-bond acceptors (Lipinski definition) is 6. The standard InChI is InChI=1S/C28H40F3NO5S/c1-11-19(17-12-14-18(15-13-17)28(29,30)31)20(33)32-21-26(9,22(34)36-10)16(2)27(38-21,24(3,4)5)23(35)37-25(6,7)8/h12-16,19,21H,11H2,1-10H3,(H,32,33). The highest BCUT2D eigenvalue weighted by molar-refractivity contribution is 8.02. The first-order chi connectivity index (χ1) is 17.2. The molecule has 2 rings (SSSR count). The van der Waals surface area contributed by atoms with Crippen LogP contribution in [0, 0.1) is 16.7 Å². The van der Waals surface area contributed by atoms with E-state index in [0.717, 1.165) is 12.1 Å². The number of hydrogen-bond donors (Lipinski definition) is 1. The van der Waals surface area contributed by atoms with Crippen LogP contribution in [-0.2, 0) is 30.0 Å². The Balaban J connectivity index is 2.54. The van der Waals surface area contributed by atoms with E-state index >= 15 is 0 Å². The van der Waals surface area contributed by atoms with Gasteiger partial charge in [-0.15, -0.1) is 11.8 Å². The fraction of sp³-hybridized carbons (Fsp3) is 0.679. The summed E-state index contributed by atoms with van der Waals surface area (Å²) in [6.45, 7) is 16.2. The highest BCUT2D eigenvalue weighted by Crippen LogP contribution is 2.64. The number of benzene rings is 1. The fourth-order valence-electron chi connectivity index (χ4n) is 5.16. The lowest BCUT2D eigenvalue weighted by Crippen LogP contribution is -2.56. The molecule has 5 unspecified atom stereocenters. The van der Waals surface area contributed by atoms with Gasteiger partial charge in [0.05, 0.1) is 29.4 Å². The van der Waals surface area contributed by atoms with Crippen molar-refractivity contribution in [2.24, 2.45) is 16.7 Å². The molecule has 214 valence electrons. The average Bonchev–Trinajstić information content (AvgIpc) is 3.01. The van der Waals surface area contributed by atoms with Crippen molar-refractivity contribution in [3.05, 3.63) is 35.4 Å². The topological polar surface area (TPSA) is 81.7 Å². The molecule has 1 saturated heterocycles. The van der Waals surface area contributed by atoms with E-state index in [1.165, 1.54) is 31.0 Å². The van der Waals surface area contributed by atoms with Crippen molar-refractivity contribution in [2.75, 3.05) is 7.11 Å². The second-order valence-corrected chi connectivity index (χ2v) is 13.4. The Kier molecular flexibility index (Phi) is 9.04. The van der Waals surface area contributed by atoms with Crippen LogP contribution in [0.2, 0.25) is 0 Å². The number of carbonyl (C=O) groups excluding carboxylic acids is 3. The summed E-state index contributed by atoms with van der Waals surface area (Å²) in [4.78, 5) is 40.6. The van der Waals surface area contributed by atoms with Gasteiger partial charge in [-0.1, -0.05) is 46.8 Å². The van der Waals surface area contributed by atoms with Crippen LogP contribution in [0.3, 0.4) is 0 Å². The third-order valence-corrected chi connectivity index (χ3v) is 9.79. The number of ether oxygens (including phenoxy) is 2. The summed E-state index contributed by atoms with van der Waals surface area (Å²) in [5.74, 6) is -2.90. The lowest BCUT2D eigenvalue weighted by atomic mass is 9.63. The molecular formula is C28H40F3NO5S. The fourth-order valence-corrected chi connectivity index (χ4v) is 7.19. The van der Waals surface area contributed by atoms with Gasteiger partial charge in [-0.05, 0) is 57.2 Å². The number of thioether (sulfide) groups is 1. The summed E-state index contributed by atoms with van der Waals surface area (Å²) in [6.07, 6.45) is -4.17. The maximum Gasteiger partial charge on any atom is 0.416 e. The quantitative estimate of drug-likeness (QED) is 0.410. The lowest BCUT2D eigenvalue weighted by molar-refractivity contribution is -0.167. The summed E-state index contributed by atoms with van der Waals surface area (Å²) >= 11 is 1.17. The van der Waals surface area contributed by atoms with Gasteiger partial charge in [0.15, 0.2) is 0 Å². The summed E-state index contributed by atoms with van der Waals surface area (Å²) in [5, 5.41) is 2.08. The second-order valence-electron chi connectivity index (χ2n) is 12.1. The predicted molar refractivity (Wildman–Crippen MR) is 141 cm³/mol. The molecule has 1 N–H and O–H groups in total. The average molecular weight is 560 g/mol. The van der Waals surface area contributed by atoms with Gasteiger partial charge in [-0.3, -0.25) is 14.4 Å². The molecule has 0 radical (unpaired) electrons. The van der Waals surface area contributed by atoms with E-state index in [-0.39, 0.29) is 0 Å². The maximum absolute atomic E-state index is 13.8. The first kappa shape index (κ1) is 32.0. The zero-order chi connectivity index (χ0) is 29.5. The van der Waals surface area contributed by atoms with Gasteiger partial charge in [-0.25, -0.2) is 0 Å². The molecule has 0 spiro atoms. The Morgan fingerprint density at radius 2 is 1.55 bits per heavy atom. The number of esters is 2. The van der Waals surface area contributed by atoms with E-state index < -0.39 is 68.0 Å². The van der Waals surface area contributed by atoms with E-state index in [0.29, 0.717) is 12.0 Å². The molecule has 1 aromatic carbocycles. The molecule has 38 heavy (non-hydrogen) atoms. The third-order valence-electron chi connectivity index (χ3n) is 7.44. The lowest BCUT2D eigenvalue weighted by Gasteiger charge is -2.44. The molecule has 0 aromatic heterocycles. The largest absolute Gasteiger partial charge is 0.469 e. The minimum absolute atomic E-state index is 0.315. The monoisotopic (exact) mass is 559 g/mol. The van der Waals surface area contributed by atoms with E-state index in [1.54, 1.807) is 41.5 Å². The molecular weight excluding hydrogens is 519 g/mol. The second kappa shape index (κ2) is 10.7. The zero-order valence-electron chi connectivity index (χ0n) is 23.8. The van der Waals surface area contributed by atoms with Crippen molar-refractivity contribution in [2.45, 2.75) is 96.6 Å². The molecule has 1 heterocycles. The minimum Gasteiger partial charge on any atom is -0.469 e. The summed E-state index contributed by atoms with van der Waals surface area (Å²) in [5.41, 5.74) is -3.16. The Hall–Kier alpha value is -2.23. The maximum atomic E-state index is 13.8. The number of amides is 1. The highest BCUT2D eigenvalue weighted by atomic mass is 32.2. The molecule has 5 atom stereocenters. The number of rotatable bonds is 6. The van der Waals surface area contributed by atoms with Crippen LogP contribution in [0.4, 0.5) is 13.2 Å². The number of halogens is 3. The van der Waals surface area contributed by atoms with E-state index in [4.69, 9.17) is 9.47 Å². The van der Waals surface area contributed by atoms with E-state index in [9.17, 15) is 27.6 Å². The van der Waals surface area contributed by atoms with Crippen LogP contribution >= 0.6 is 11.8 Å². The van der Waals surface area contributed by atoms with Crippen molar-refractivity contribution in [1.82, 2.24) is 5.32 Å². The van der Waals surface area contributed by atoms with Crippen LogP contribution in [0.25, 0.3) is 0 Å². The molecule has 1 aromatic rings. The summed E-state index contributed by atoms with van der Waals surface area (Å²) < 4.78 is 48.9. The molecule has 1 aliphatic rings. The van der Waals surface area contributed by atoms with Crippen LogP contribution in [-0.4, -0.2) is 40.7 Å². The molecule has 1 aliphatic heterocycles. The highest BCUT2D eigenvalue weighted by Gasteiger charge is 2.71. The smallest absolute Gasteiger partial charge is 0.416 e. The van der Waals surface area contributed by atoms with Gasteiger partial charge >= 0.3 is 18.1 Å². The van der Waals surface area contributed by atoms with E-state index in [2.05, 4.69) is 5.32 Å². The van der Waals surface area contributed by atoms with Crippen molar-refractivity contribution in [1.29, 1.82) is 0 Å². The van der Waals surface area contributed by atoms with Crippen LogP contribution in [0.5, 0.6) is 0 Å². The molecule has 0 aliphatic carbocycles. The molecule has 1 amide bonds. The third kappa shape index (κ3) is 5.84. The number of nitrogens with one attached hydrogen (secondary N) is 1. The molecule has 10 heteroatoms. The number of carbonyl (C=O) groups is 3. The molecule has 0 bridgehead atoms. The van der Waals surface area contributed by atoms with Gasteiger partial charge < -0.3 is 14.8 Å². The van der Waals surface area contributed by atoms with Crippen LogP contribution < -0.4 is 5.32 Å². The molecule has 6 nitrogen and oxygen atoms in total. The van der Waals surface area contributed by atoms with Crippen LogP contribution in [0.1, 0.15) is 85.8 Å². The summed E-state index contributed by atoms with van der Waals surface area (Å²) in [6, 6.07) is 4.48. The normalized spacial score (nSPS) is 27.0. The van der Waals surface area contributed by atoms with Crippen molar-refractivity contribution >= 4 is 29.6 Å². The minimum atomic E-state index is -4.49. The van der Waals surface area contributed by atoms with Crippen molar-refractivity contribution in [3.8, 4) is 0 Å². The number of methoxy groups -OCH3 is 1.